The molecule has 10 heteroatoms. The molecule has 0 aliphatic rings. The predicted octanol–water partition coefficient (Wildman–Crippen LogP) is 2.75. The van der Waals surface area contributed by atoms with Crippen LogP contribution < -0.4 is 0 Å². The van der Waals surface area contributed by atoms with Crippen molar-refractivity contribution in [1.82, 2.24) is 14.8 Å². The number of hydrogen-bond donors (Lipinski definition) is 1. The van der Waals surface area contributed by atoms with Gasteiger partial charge in [-0.05, 0) is 26.0 Å². The molecule has 136 valence electrons. The second-order valence-corrected chi connectivity index (χ2v) is 5.30. The summed E-state index contributed by atoms with van der Waals surface area (Å²) in [5.41, 5.74) is -3.58. The lowest BCUT2D eigenvalue weighted by molar-refractivity contribution is -0.152. The molecule has 2 unspecified atom stereocenters. The van der Waals surface area contributed by atoms with Crippen LogP contribution in [0.3, 0.4) is 0 Å². The van der Waals surface area contributed by atoms with E-state index in [0.717, 1.165) is 18.3 Å². The molecule has 0 saturated heterocycles. The predicted molar refractivity (Wildman–Crippen MR) is 78.1 cm³/mol. The number of halogens is 4. The number of pyridine rings is 1. The quantitative estimate of drug-likeness (QED) is 0.632. The van der Waals surface area contributed by atoms with E-state index < -0.39 is 35.8 Å². The summed E-state index contributed by atoms with van der Waals surface area (Å²) in [7, 11) is 0. The minimum absolute atomic E-state index is 0.0453. The van der Waals surface area contributed by atoms with Gasteiger partial charge in [0, 0.05) is 6.07 Å². The molecule has 0 spiro atoms. The van der Waals surface area contributed by atoms with Gasteiger partial charge in [0.25, 0.3) is 6.43 Å². The lowest BCUT2D eigenvalue weighted by atomic mass is 10.1. The van der Waals surface area contributed by atoms with Gasteiger partial charge in [-0.1, -0.05) is 0 Å². The molecule has 0 fully saturated rings. The zero-order valence-electron chi connectivity index (χ0n) is 13.3. The maximum atomic E-state index is 14.5. The zero-order chi connectivity index (χ0) is 18.8. The summed E-state index contributed by atoms with van der Waals surface area (Å²) in [4.78, 5) is 15.7. The van der Waals surface area contributed by atoms with Gasteiger partial charge in [0.05, 0.1) is 18.5 Å². The Hall–Kier alpha value is -2.49. The Morgan fingerprint density at radius 2 is 2.04 bits per heavy atom. The van der Waals surface area contributed by atoms with E-state index in [4.69, 9.17) is 4.74 Å². The molecule has 0 amide bonds. The van der Waals surface area contributed by atoms with Gasteiger partial charge in [-0.2, -0.15) is 5.10 Å². The molecule has 2 atom stereocenters. The molecule has 0 aliphatic carbocycles. The third-order valence-corrected chi connectivity index (χ3v) is 3.35. The number of rotatable bonds is 6. The van der Waals surface area contributed by atoms with E-state index in [1.54, 1.807) is 0 Å². The molecule has 0 radical (unpaired) electrons. The zero-order valence-corrected chi connectivity index (χ0v) is 13.3. The smallest absolute Gasteiger partial charge is 0.356 e. The SMILES string of the molecule is CCOC(=O)c1cc(-c2ccc(F)cn2)nn1C(F)C(C)(O)C(F)F. The van der Waals surface area contributed by atoms with Crippen LogP contribution in [0.2, 0.25) is 0 Å². The van der Waals surface area contributed by atoms with Crippen LogP contribution in [-0.2, 0) is 4.74 Å². The Bertz CT molecular complexity index is 747. The van der Waals surface area contributed by atoms with Crippen molar-refractivity contribution in [3.63, 3.8) is 0 Å². The average Bonchev–Trinajstić information content (AvgIpc) is 3.00. The molecule has 2 aromatic heterocycles. The number of hydrogen-bond acceptors (Lipinski definition) is 5. The molecule has 6 nitrogen and oxygen atoms in total. The third kappa shape index (κ3) is 3.78. The minimum atomic E-state index is -3.44. The molecular formula is C15H15F4N3O3. The summed E-state index contributed by atoms with van der Waals surface area (Å²) < 4.78 is 58.3. The molecule has 2 aromatic rings. The van der Waals surface area contributed by atoms with Crippen LogP contribution in [0.4, 0.5) is 17.6 Å². The summed E-state index contributed by atoms with van der Waals surface area (Å²) >= 11 is 0. The second-order valence-electron chi connectivity index (χ2n) is 5.30. The highest BCUT2D eigenvalue weighted by atomic mass is 19.3. The molecule has 0 bridgehead atoms. The van der Waals surface area contributed by atoms with Crippen LogP contribution in [0, 0.1) is 5.82 Å². The summed E-state index contributed by atoms with van der Waals surface area (Å²) in [5, 5.41) is 13.4. The summed E-state index contributed by atoms with van der Waals surface area (Å²) in [6, 6.07) is 3.34. The second kappa shape index (κ2) is 7.18. The highest BCUT2D eigenvalue weighted by Gasteiger charge is 2.45. The highest BCUT2D eigenvalue weighted by Crippen LogP contribution is 2.32. The van der Waals surface area contributed by atoms with E-state index in [-0.39, 0.29) is 18.0 Å². The van der Waals surface area contributed by atoms with E-state index in [0.29, 0.717) is 11.6 Å². The van der Waals surface area contributed by atoms with E-state index >= 15 is 0 Å². The van der Waals surface area contributed by atoms with Crippen molar-refractivity contribution < 1.29 is 32.2 Å². The molecular weight excluding hydrogens is 346 g/mol. The number of aliphatic hydroxyl groups is 1. The van der Waals surface area contributed by atoms with Crippen molar-refractivity contribution in [3.05, 3.63) is 35.9 Å². The number of esters is 1. The largest absolute Gasteiger partial charge is 0.461 e. The number of ether oxygens (including phenoxy) is 1. The monoisotopic (exact) mass is 361 g/mol. The van der Waals surface area contributed by atoms with Crippen LogP contribution in [0.25, 0.3) is 11.4 Å². The molecule has 1 N–H and O–H groups in total. The standard InChI is InChI=1S/C15H15F4N3O3/c1-3-25-12(23)11-6-10(9-5-4-8(16)7-20-9)21-22(11)14(19)15(2,24)13(17)18/h4-7,13-14,24H,3H2,1-2H3. The van der Waals surface area contributed by atoms with Gasteiger partial charge in [-0.3, -0.25) is 4.98 Å². The Morgan fingerprint density at radius 3 is 2.56 bits per heavy atom. The maximum absolute atomic E-state index is 14.5. The Morgan fingerprint density at radius 1 is 1.36 bits per heavy atom. The van der Waals surface area contributed by atoms with Crippen molar-refractivity contribution in [2.45, 2.75) is 32.2 Å². The Kier molecular flexibility index (Phi) is 5.41. The van der Waals surface area contributed by atoms with Crippen LogP contribution in [0.1, 0.15) is 30.6 Å². The van der Waals surface area contributed by atoms with Gasteiger partial charge in [0.2, 0.25) is 6.30 Å². The number of carbonyl (C=O) groups excluding carboxylic acids is 1. The first-order valence-electron chi connectivity index (χ1n) is 7.21. The van der Waals surface area contributed by atoms with Crippen molar-refractivity contribution in [1.29, 1.82) is 0 Å². The van der Waals surface area contributed by atoms with Crippen LogP contribution in [0.15, 0.2) is 24.4 Å². The van der Waals surface area contributed by atoms with Gasteiger partial charge in [0.1, 0.15) is 11.5 Å². The molecule has 0 saturated carbocycles. The van der Waals surface area contributed by atoms with Crippen molar-refractivity contribution in [2.75, 3.05) is 6.61 Å². The summed E-state index contributed by atoms with van der Waals surface area (Å²) in [6.07, 6.45) is -5.30. The number of nitrogens with zero attached hydrogens (tertiary/aromatic N) is 3. The van der Waals surface area contributed by atoms with Crippen LogP contribution >= 0.6 is 0 Å². The number of alkyl halides is 3. The van der Waals surface area contributed by atoms with Gasteiger partial charge in [0.15, 0.2) is 11.3 Å². The first kappa shape index (κ1) is 18.8. The van der Waals surface area contributed by atoms with E-state index in [2.05, 4.69) is 10.1 Å². The highest BCUT2D eigenvalue weighted by molar-refractivity contribution is 5.89. The van der Waals surface area contributed by atoms with Gasteiger partial charge in [-0.25, -0.2) is 27.0 Å². The van der Waals surface area contributed by atoms with E-state index in [1.165, 1.54) is 13.0 Å². The first-order chi connectivity index (χ1) is 11.7. The Balaban J connectivity index is 2.53. The maximum Gasteiger partial charge on any atom is 0.356 e. The van der Waals surface area contributed by atoms with E-state index in [1.807, 2.05) is 0 Å². The Labute approximate surface area is 140 Å². The fourth-order valence-electron chi connectivity index (χ4n) is 1.93. The van der Waals surface area contributed by atoms with Gasteiger partial charge < -0.3 is 9.84 Å². The van der Waals surface area contributed by atoms with Crippen LogP contribution in [-0.4, -0.2) is 44.5 Å². The molecule has 0 aliphatic heterocycles. The number of aromatic nitrogens is 3. The topological polar surface area (TPSA) is 77.2 Å². The van der Waals surface area contributed by atoms with E-state index in [9.17, 15) is 27.5 Å². The fourth-order valence-corrected chi connectivity index (χ4v) is 1.93. The van der Waals surface area contributed by atoms with Crippen molar-refractivity contribution in [3.8, 4) is 11.4 Å². The lowest BCUT2D eigenvalue weighted by Crippen LogP contribution is -2.42. The summed E-state index contributed by atoms with van der Waals surface area (Å²) in [6.45, 7) is 2.04. The molecule has 2 rings (SSSR count). The minimum Gasteiger partial charge on any atom is -0.461 e. The van der Waals surface area contributed by atoms with Gasteiger partial charge in [-0.15, -0.1) is 0 Å². The molecule has 0 aromatic carbocycles. The first-order valence-corrected chi connectivity index (χ1v) is 7.21. The average molecular weight is 361 g/mol. The van der Waals surface area contributed by atoms with Crippen molar-refractivity contribution >= 4 is 5.97 Å². The number of carbonyl (C=O) groups is 1. The third-order valence-electron chi connectivity index (χ3n) is 3.35. The fraction of sp³-hybridized carbons (Fsp3) is 0.400. The van der Waals surface area contributed by atoms with Gasteiger partial charge >= 0.3 is 5.97 Å². The van der Waals surface area contributed by atoms with Crippen LogP contribution in [0.5, 0.6) is 0 Å². The molecule has 25 heavy (non-hydrogen) atoms. The lowest BCUT2D eigenvalue weighted by Gasteiger charge is -2.27. The normalized spacial score (nSPS) is 15.0. The summed E-state index contributed by atoms with van der Waals surface area (Å²) in [5.74, 6) is -1.64. The van der Waals surface area contributed by atoms with Crippen molar-refractivity contribution in [2.24, 2.45) is 0 Å². The molecule has 2 heterocycles.